The molecule has 2 aromatic heterocycles. The van der Waals surface area contributed by atoms with Gasteiger partial charge in [0.05, 0.1) is 12.1 Å². The maximum atomic E-state index is 13.3. The van der Waals surface area contributed by atoms with Crippen molar-refractivity contribution in [2.75, 3.05) is 0 Å². The number of H-pyrrole nitrogens is 1. The van der Waals surface area contributed by atoms with Gasteiger partial charge in [0, 0.05) is 0 Å². The van der Waals surface area contributed by atoms with Crippen molar-refractivity contribution >= 4 is 23.3 Å². The highest BCUT2D eigenvalue weighted by atomic mass is 16.6. The van der Waals surface area contributed by atoms with E-state index in [1.165, 1.54) is 4.52 Å². The van der Waals surface area contributed by atoms with E-state index in [0.29, 0.717) is 17.3 Å². The molecule has 0 radical (unpaired) electrons. The van der Waals surface area contributed by atoms with Crippen molar-refractivity contribution in [1.82, 2.24) is 14.6 Å². The Balaban J connectivity index is 1.71. The van der Waals surface area contributed by atoms with Gasteiger partial charge in [-0.3, -0.25) is 5.10 Å². The van der Waals surface area contributed by atoms with Gasteiger partial charge in [0.25, 0.3) is 5.69 Å². The molecule has 0 aliphatic heterocycles. The molecule has 1 saturated carbocycles. The lowest BCUT2D eigenvalue weighted by atomic mass is 9.75. The van der Waals surface area contributed by atoms with Gasteiger partial charge in [0.1, 0.15) is 17.5 Å². The van der Waals surface area contributed by atoms with Crippen molar-refractivity contribution < 1.29 is 19.1 Å². The van der Waals surface area contributed by atoms with E-state index in [1.54, 1.807) is 37.3 Å². The van der Waals surface area contributed by atoms with Gasteiger partial charge in [0.15, 0.2) is 5.65 Å². The molecule has 8 nitrogen and oxygen atoms in total. The van der Waals surface area contributed by atoms with E-state index in [2.05, 4.69) is 35.7 Å². The topological polar surface area (TPSA) is 90.1 Å². The quantitative estimate of drug-likeness (QED) is 0.463. The van der Waals surface area contributed by atoms with Crippen molar-refractivity contribution in [2.45, 2.75) is 46.6 Å². The molecule has 1 aromatic carbocycles. The molecule has 0 spiro atoms. The first-order valence-corrected chi connectivity index (χ1v) is 10.8. The number of carbonyl (C=O) groups is 2. The first-order chi connectivity index (χ1) is 15.3. The summed E-state index contributed by atoms with van der Waals surface area (Å²) in [5.74, 6) is 0.177. The highest BCUT2D eigenvalue weighted by molar-refractivity contribution is 6.05. The Kier molecular flexibility index (Phi) is 5.74. The van der Waals surface area contributed by atoms with Crippen LogP contribution in [0.2, 0.25) is 0 Å². The molecule has 4 rings (SSSR count). The minimum atomic E-state index is -0.634. The zero-order valence-electron chi connectivity index (χ0n) is 18.6. The second kappa shape index (κ2) is 8.50. The Morgan fingerprint density at radius 1 is 1.12 bits per heavy atom. The highest BCUT2D eigenvalue weighted by Gasteiger charge is 2.37. The summed E-state index contributed by atoms with van der Waals surface area (Å²) < 4.78 is 12.8. The number of benzene rings is 1. The lowest BCUT2D eigenvalue weighted by molar-refractivity contribution is -0.0249. The van der Waals surface area contributed by atoms with Crippen LogP contribution < -0.4 is 4.74 Å². The van der Waals surface area contributed by atoms with E-state index in [4.69, 9.17) is 16.0 Å². The van der Waals surface area contributed by atoms with Crippen LogP contribution in [0.25, 0.3) is 10.5 Å². The predicted octanol–water partition coefficient (Wildman–Crippen LogP) is 4.97. The van der Waals surface area contributed by atoms with Gasteiger partial charge in [-0.25, -0.2) is 23.9 Å². The normalized spacial score (nSPS) is 23.0. The number of aromatic nitrogens is 3. The fourth-order valence-corrected chi connectivity index (χ4v) is 4.80. The molecule has 8 heteroatoms. The number of carbonyl (C=O) groups excluding carboxylic acids is 2. The zero-order valence-corrected chi connectivity index (χ0v) is 18.6. The van der Waals surface area contributed by atoms with Crippen LogP contribution in [0.15, 0.2) is 30.3 Å². The Labute approximate surface area is 186 Å². The third-order valence-electron chi connectivity index (χ3n) is 6.05. The second-order valence-corrected chi connectivity index (χ2v) is 8.77. The number of esters is 2. The summed E-state index contributed by atoms with van der Waals surface area (Å²) in [7, 11) is 0. The lowest BCUT2D eigenvalue weighted by Crippen LogP contribution is -2.37. The monoisotopic (exact) mass is 434 g/mol. The van der Waals surface area contributed by atoms with Crippen LogP contribution in [0.1, 0.15) is 60.2 Å². The maximum absolute atomic E-state index is 13.3. The summed E-state index contributed by atoms with van der Waals surface area (Å²) in [4.78, 5) is 33.8. The van der Waals surface area contributed by atoms with Crippen molar-refractivity contribution in [2.24, 2.45) is 17.8 Å². The molecular formula is C24H26N4O4. The third-order valence-corrected chi connectivity index (χ3v) is 6.05. The van der Waals surface area contributed by atoms with Gasteiger partial charge in [-0.1, -0.05) is 39.0 Å². The molecule has 2 atom stereocenters. The SMILES string of the molecule is [C-]#[N+]c1c(C(=O)OC2C(C)CC(C)CC2C)c2nc(C)[nH]n2c1OC(=O)c1ccccc1. The number of fused-ring (bicyclic) bond motifs is 1. The summed E-state index contributed by atoms with van der Waals surface area (Å²) >= 11 is 0. The predicted molar refractivity (Wildman–Crippen MR) is 118 cm³/mol. The Bertz CT molecular complexity index is 1190. The average Bonchev–Trinajstić information content (AvgIpc) is 3.26. The van der Waals surface area contributed by atoms with E-state index in [0.717, 1.165) is 12.8 Å². The fourth-order valence-electron chi connectivity index (χ4n) is 4.80. The van der Waals surface area contributed by atoms with Crippen LogP contribution in [0.5, 0.6) is 5.88 Å². The minimum absolute atomic E-state index is 0.0123. The summed E-state index contributed by atoms with van der Waals surface area (Å²) in [5.41, 5.74) is 0.456. The number of nitrogens with one attached hydrogen (secondary N) is 1. The molecule has 32 heavy (non-hydrogen) atoms. The molecule has 1 N–H and O–H groups in total. The molecule has 1 fully saturated rings. The van der Waals surface area contributed by atoms with E-state index < -0.39 is 11.9 Å². The first kappa shape index (κ1) is 21.6. The minimum Gasteiger partial charge on any atom is -0.459 e. The van der Waals surface area contributed by atoms with Crippen LogP contribution in [0.4, 0.5) is 5.69 Å². The number of hydrogen-bond donors (Lipinski definition) is 1. The Morgan fingerprint density at radius 2 is 1.78 bits per heavy atom. The summed E-state index contributed by atoms with van der Waals surface area (Å²) in [6.45, 7) is 15.8. The van der Waals surface area contributed by atoms with Crippen LogP contribution in [0, 0.1) is 31.2 Å². The molecule has 0 bridgehead atoms. The fraction of sp³-hybridized carbons (Fsp3) is 0.417. The molecule has 2 heterocycles. The Hall–Kier alpha value is -3.60. The molecule has 166 valence electrons. The third kappa shape index (κ3) is 3.86. The van der Waals surface area contributed by atoms with Crippen LogP contribution in [-0.4, -0.2) is 32.6 Å². The van der Waals surface area contributed by atoms with Crippen LogP contribution in [0.3, 0.4) is 0 Å². The number of rotatable bonds is 4. The Morgan fingerprint density at radius 3 is 2.41 bits per heavy atom. The van der Waals surface area contributed by atoms with Gasteiger partial charge >= 0.3 is 11.9 Å². The molecule has 2 unspecified atom stereocenters. The van der Waals surface area contributed by atoms with Gasteiger partial charge < -0.3 is 9.47 Å². The molecule has 1 aliphatic carbocycles. The number of nitrogens with zero attached hydrogens (tertiary/aromatic N) is 3. The summed E-state index contributed by atoms with van der Waals surface area (Å²) in [5, 5.41) is 2.94. The summed E-state index contributed by atoms with van der Waals surface area (Å²) in [6, 6.07) is 8.46. The highest BCUT2D eigenvalue weighted by Crippen LogP contribution is 2.40. The van der Waals surface area contributed by atoms with Crippen molar-refractivity contribution in [3.05, 3.63) is 58.7 Å². The first-order valence-electron chi connectivity index (χ1n) is 10.8. The molecule has 0 amide bonds. The lowest BCUT2D eigenvalue weighted by Gasteiger charge is -2.37. The van der Waals surface area contributed by atoms with E-state index in [1.807, 2.05) is 0 Å². The average molecular weight is 434 g/mol. The molecular weight excluding hydrogens is 408 g/mol. The molecule has 0 saturated heterocycles. The standard InChI is InChI=1S/C24H26N4O4/c1-13-11-14(2)20(15(3)12-13)31-24(30)18-19(25-5)22(28-21(18)26-16(4)27-28)32-23(29)17-9-7-6-8-10-17/h6-10,13-15,20H,11-12H2,1-4H3,(H,26,27). The van der Waals surface area contributed by atoms with Crippen LogP contribution >= 0.6 is 0 Å². The molecule has 3 aromatic rings. The number of hydrogen-bond acceptors (Lipinski definition) is 5. The van der Waals surface area contributed by atoms with Crippen molar-refractivity contribution in [3.8, 4) is 5.88 Å². The smallest absolute Gasteiger partial charge is 0.343 e. The number of ether oxygens (including phenoxy) is 2. The van der Waals surface area contributed by atoms with Crippen molar-refractivity contribution in [3.63, 3.8) is 0 Å². The number of aryl methyl sites for hydroxylation is 1. The van der Waals surface area contributed by atoms with Gasteiger partial charge in [-0.05, 0) is 49.7 Å². The molecule has 1 aliphatic rings. The van der Waals surface area contributed by atoms with Crippen molar-refractivity contribution in [1.29, 1.82) is 0 Å². The zero-order chi connectivity index (χ0) is 23.0. The van der Waals surface area contributed by atoms with Gasteiger partial charge in [-0.15, -0.1) is 0 Å². The maximum Gasteiger partial charge on any atom is 0.343 e. The summed E-state index contributed by atoms with van der Waals surface area (Å²) in [6.07, 6.45) is 1.71. The second-order valence-electron chi connectivity index (χ2n) is 8.77. The van der Waals surface area contributed by atoms with E-state index in [-0.39, 0.29) is 40.7 Å². The van der Waals surface area contributed by atoms with Gasteiger partial charge in [0.2, 0.25) is 5.88 Å². The van der Waals surface area contributed by atoms with Crippen LogP contribution in [-0.2, 0) is 4.74 Å². The van der Waals surface area contributed by atoms with E-state index in [9.17, 15) is 9.59 Å². The van der Waals surface area contributed by atoms with E-state index >= 15 is 0 Å². The number of aromatic amines is 1. The van der Waals surface area contributed by atoms with Gasteiger partial charge in [-0.2, -0.15) is 0 Å². The largest absolute Gasteiger partial charge is 0.459 e.